The van der Waals surface area contributed by atoms with Gasteiger partial charge >= 0.3 is 5.24 Å². The molecule has 0 aliphatic carbocycles. The maximum atomic E-state index is 12.8. The van der Waals surface area contributed by atoms with Gasteiger partial charge in [0.2, 0.25) is 0 Å². The molecule has 10 heteroatoms. The monoisotopic (exact) mass is 547 g/mol. The number of hydrogen-bond acceptors (Lipinski definition) is 6. The first-order chi connectivity index (χ1) is 18.5. The van der Waals surface area contributed by atoms with Crippen LogP contribution in [0.3, 0.4) is 0 Å². The van der Waals surface area contributed by atoms with Crippen LogP contribution in [0.15, 0.2) is 59.8 Å². The molecular weight excluding hydrogens is 522 g/mol. The Labute approximate surface area is 229 Å². The van der Waals surface area contributed by atoms with Crippen molar-refractivity contribution in [2.75, 3.05) is 37.4 Å². The number of carbonyl (C=O) groups excluding carboxylic acids is 2. The number of ether oxygens (including phenoxy) is 1. The summed E-state index contributed by atoms with van der Waals surface area (Å²) in [6.07, 6.45) is 3.87. The van der Waals surface area contributed by atoms with Gasteiger partial charge in [0.1, 0.15) is 0 Å². The molecule has 8 nitrogen and oxygen atoms in total. The molecule has 2 amide bonds. The van der Waals surface area contributed by atoms with Crippen molar-refractivity contribution in [3.05, 3.63) is 87.7 Å². The summed E-state index contributed by atoms with van der Waals surface area (Å²) in [5.74, 6) is 0.366. The molecule has 3 aliphatic rings. The number of fused-ring (bicyclic) bond motifs is 1. The summed E-state index contributed by atoms with van der Waals surface area (Å²) in [4.78, 5) is 31.1. The molecule has 0 spiro atoms. The second-order valence-corrected chi connectivity index (χ2v) is 10.8. The van der Waals surface area contributed by atoms with Crippen LogP contribution >= 0.6 is 23.4 Å². The molecule has 0 bridgehead atoms. The highest BCUT2D eigenvalue weighted by Crippen LogP contribution is 2.34. The Kier molecular flexibility index (Phi) is 7.08. The smallest absolute Gasteiger partial charge is 0.302 e. The molecule has 194 valence electrons. The maximum absolute atomic E-state index is 12.8. The quantitative estimate of drug-likeness (QED) is 0.421. The van der Waals surface area contributed by atoms with Crippen LogP contribution < -0.4 is 5.32 Å². The van der Waals surface area contributed by atoms with Crippen LogP contribution in [0.2, 0.25) is 5.02 Å². The van der Waals surface area contributed by atoms with Crippen molar-refractivity contribution in [3.63, 3.8) is 0 Å². The minimum absolute atomic E-state index is 0.104. The number of aromatic amines is 1. The van der Waals surface area contributed by atoms with Crippen LogP contribution in [-0.4, -0.2) is 63.8 Å². The SMILES string of the molecule is O=C1Nc2ccc(CN3N=C(c4ccc(Cl)cc4)CSC3=O)cc2/C1=C/c1cc(CN2CCOCC2)c[nH]1. The Balaban J connectivity index is 1.21. The number of carbonyl (C=O) groups is 2. The number of thioether (sulfide) groups is 1. The summed E-state index contributed by atoms with van der Waals surface area (Å²) >= 11 is 7.24. The highest BCUT2D eigenvalue weighted by atomic mass is 35.5. The van der Waals surface area contributed by atoms with E-state index in [2.05, 4.69) is 26.4 Å². The third-order valence-electron chi connectivity index (χ3n) is 6.74. The second-order valence-electron chi connectivity index (χ2n) is 9.41. The van der Waals surface area contributed by atoms with E-state index in [-0.39, 0.29) is 11.1 Å². The van der Waals surface area contributed by atoms with Crippen molar-refractivity contribution in [3.8, 4) is 0 Å². The Bertz CT molecular complexity index is 1440. The van der Waals surface area contributed by atoms with E-state index in [1.807, 2.05) is 54.7 Å². The molecule has 1 fully saturated rings. The second kappa shape index (κ2) is 10.8. The summed E-state index contributed by atoms with van der Waals surface area (Å²) in [7, 11) is 0. The molecule has 6 rings (SSSR count). The first-order valence-electron chi connectivity index (χ1n) is 12.4. The molecule has 1 saturated heterocycles. The average Bonchev–Trinajstić information content (AvgIpc) is 3.50. The zero-order valence-electron chi connectivity index (χ0n) is 20.6. The molecule has 1 aromatic heterocycles. The number of hydrogen-bond donors (Lipinski definition) is 2. The van der Waals surface area contributed by atoms with Gasteiger partial charge in [0, 0.05) is 53.6 Å². The zero-order valence-corrected chi connectivity index (χ0v) is 22.1. The normalized spacial score (nSPS) is 19.0. The number of amides is 2. The Morgan fingerprint density at radius 1 is 1.03 bits per heavy atom. The van der Waals surface area contributed by atoms with Gasteiger partial charge in [0.05, 0.1) is 31.0 Å². The van der Waals surface area contributed by atoms with Crippen LogP contribution in [0.5, 0.6) is 0 Å². The number of hydrazone groups is 1. The summed E-state index contributed by atoms with van der Waals surface area (Å²) in [6, 6.07) is 15.3. The molecule has 3 aliphatic heterocycles. The molecule has 3 aromatic rings. The van der Waals surface area contributed by atoms with Gasteiger partial charge in [0.25, 0.3) is 5.91 Å². The van der Waals surface area contributed by atoms with Crippen LogP contribution in [0.1, 0.15) is 27.9 Å². The zero-order chi connectivity index (χ0) is 26.1. The Morgan fingerprint density at radius 3 is 2.66 bits per heavy atom. The number of benzene rings is 2. The Hall–Kier alpha value is -3.37. The first kappa shape index (κ1) is 24.9. The number of nitrogens with zero attached hydrogens (tertiary/aromatic N) is 3. The number of anilines is 1. The van der Waals surface area contributed by atoms with E-state index >= 15 is 0 Å². The van der Waals surface area contributed by atoms with E-state index in [4.69, 9.17) is 16.3 Å². The lowest BCUT2D eigenvalue weighted by Crippen LogP contribution is -2.35. The highest BCUT2D eigenvalue weighted by molar-refractivity contribution is 8.14. The van der Waals surface area contributed by atoms with Crippen molar-refractivity contribution >= 4 is 57.6 Å². The number of halogens is 1. The molecule has 0 unspecified atom stereocenters. The standard InChI is InChI=1S/C28H26ClN5O3S/c29-21-4-2-20(3-5-21)26-17-38-28(36)34(32-26)16-18-1-6-25-23(12-18)24(27(35)31-25)13-22-11-19(14-30-22)15-33-7-9-37-10-8-33/h1-6,11-14,30H,7-10,15-17H2,(H,31,35)/b24-13-. The van der Waals surface area contributed by atoms with Crippen LogP contribution in [0, 0.1) is 0 Å². The van der Waals surface area contributed by atoms with Crippen LogP contribution in [-0.2, 0) is 22.6 Å². The fourth-order valence-electron chi connectivity index (χ4n) is 4.76. The van der Waals surface area contributed by atoms with E-state index in [1.54, 1.807) is 0 Å². The van der Waals surface area contributed by atoms with E-state index in [1.165, 1.54) is 22.3 Å². The van der Waals surface area contributed by atoms with Crippen molar-refractivity contribution in [2.24, 2.45) is 5.10 Å². The summed E-state index contributed by atoms with van der Waals surface area (Å²) in [5, 5.41) is 9.61. The van der Waals surface area contributed by atoms with Crippen molar-refractivity contribution in [2.45, 2.75) is 13.1 Å². The van der Waals surface area contributed by atoms with Gasteiger partial charge in [-0.3, -0.25) is 14.5 Å². The molecule has 0 radical (unpaired) electrons. The molecule has 0 atom stereocenters. The molecule has 2 aromatic carbocycles. The lowest BCUT2D eigenvalue weighted by Gasteiger charge is -2.25. The molecule has 0 saturated carbocycles. The molecular formula is C28H26ClN5O3S. The van der Waals surface area contributed by atoms with E-state index in [9.17, 15) is 9.59 Å². The minimum Gasteiger partial charge on any atom is -0.379 e. The van der Waals surface area contributed by atoms with Gasteiger partial charge < -0.3 is 15.0 Å². The number of aromatic nitrogens is 1. The van der Waals surface area contributed by atoms with Crippen molar-refractivity contribution in [1.82, 2.24) is 14.9 Å². The molecule has 4 heterocycles. The lowest BCUT2D eigenvalue weighted by atomic mass is 10.0. The largest absolute Gasteiger partial charge is 0.379 e. The maximum Gasteiger partial charge on any atom is 0.302 e. The summed E-state index contributed by atoms with van der Waals surface area (Å²) in [5.41, 5.74) is 6.85. The number of rotatable bonds is 6. The molecule has 2 N–H and O–H groups in total. The van der Waals surface area contributed by atoms with Gasteiger partial charge in [-0.05, 0) is 53.1 Å². The first-order valence-corrected chi connectivity index (χ1v) is 13.8. The highest BCUT2D eigenvalue weighted by Gasteiger charge is 2.27. The van der Waals surface area contributed by atoms with Gasteiger partial charge in [-0.1, -0.05) is 41.6 Å². The fourth-order valence-corrected chi connectivity index (χ4v) is 5.62. The van der Waals surface area contributed by atoms with E-state index in [0.29, 0.717) is 22.9 Å². The average molecular weight is 548 g/mol. The topological polar surface area (TPSA) is 90.0 Å². The molecule has 38 heavy (non-hydrogen) atoms. The third-order valence-corrected chi connectivity index (χ3v) is 7.86. The van der Waals surface area contributed by atoms with Crippen molar-refractivity contribution < 1.29 is 14.3 Å². The van der Waals surface area contributed by atoms with Gasteiger partial charge in [-0.2, -0.15) is 5.10 Å². The third kappa shape index (κ3) is 5.42. The number of nitrogens with one attached hydrogen (secondary N) is 2. The van der Waals surface area contributed by atoms with E-state index in [0.717, 1.165) is 66.6 Å². The summed E-state index contributed by atoms with van der Waals surface area (Å²) in [6.45, 7) is 4.51. The van der Waals surface area contributed by atoms with Crippen molar-refractivity contribution in [1.29, 1.82) is 0 Å². The lowest BCUT2D eigenvalue weighted by molar-refractivity contribution is -0.110. The number of morpholine rings is 1. The van der Waals surface area contributed by atoms with Gasteiger partial charge in [-0.25, -0.2) is 5.01 Å². The predicted molar refractivity (Wildman–Crippen MR) is 151 cm³/mol. The Morgan fingerprint density at radius 2 is 1.84 bits per heavy atom. The fraction of sp³-hybridized carbons (Fsp3) is 0.250. The van der Waals surface area contributed by atoms with Crippen LogP contribution in [0.4, 0.5) is 10.5 Å². The minimum atomic E-state index is -0.144. The van der Waals surface area contributed by atoms with Gasteiger partial charge in [-0.15, -0.1) is 0 Å². The summed E-state index contributed by atoms with van der Waals surface area (Å²) < 4.78 is 5.43. The number of H-pyrrole nitrogens is 1. The van der Waals surface area contributed by atoms with Crippen LogP contribution in [0.25, 0.3) is 11.6 Å². The van der Waals surface area contributed by atoms with Gasteiger partial charge in [0.15, 0.2) is 0 Å². The van der Waals surface area contributed by atoms with E-state index < -0.39 is 0 Å². The predicted octanol–water partition coefficient (Wildman–Crippen LogP) is 5.07.